The molecular formula is C14H18ClN3O2. The molecular weight excluding hydrogens is 278 g/mol. The smallest absolute Gasteiger partial charge is 0.254 e. The molecule has 0 spiro atoms. The number of rotatable bonds is 3. The van der Waals surface area contributed by atoms with Crippen LogP contribution in [0.3, 0.4) is 0 Å². The van der Waals surface area contributed by atoms with Gasteiger partial charge in [0.2, 0.25) is 5.91 Å². The van der Waals surface area contributed by atoms with Gasteiger partial charge in [0.1, 0.15) is 11.2 Å². The van der Waals surface area contributed by atoms with Crippen LogP contribution in [-0.2, 0) is 11.2 Å². The summed E-state index contributed by atoms with van der Waals surface area (Å²) in [7, 11) is 0. The predicted octanol–water partition coefficient (Wildman–Crippen LogP) is 1.65. The largest absolute Gasteiger partial charge is 0.353 e. The molecule has 5 nitrogen and oxygen atoms in total. The maximum absolute atomic E-state index is 12.6. The molecule has 1 aromatic heterocycles. The second kappa shape index (κ2) is 6.22. The van der Waals surface area contributed by atoms with E-state index < -0.39 is 6.04 Å². The second-order valence-corrected chi connectivity index (χ2v) is 5.12. The summed E-state index contributed by atoms with van der Waals surface area (Å²) in [5.74, 6) is -0.256. The molecule has 2 amide bonds. The molecule has 108 valence electrons. The van der Waals surface area contributed by atoms with Gasteiger partial charge >= 0.3 is 0 Å². The van der Waals surface area contributed by atoms with Gasteiger partial charge in [0.05, 0.1) is 0 Å². The molecule has 20 heavy (non-hydrogen) atoms. The van der Waals surface area contributed by atoms with Gasteiger partial charge in [-0.3, -0.25) is 9.59 Å². The number of carbonyl (C=O) groups excluding carboxylic acids is 2. The van der Waals surface area contributed by atoms with Crippen LogP contribution in [0.5, 0.6) is 0 Å². The predicted molar refractivity (Wildman–Crippen MR) is 76.8 cm³/mol. The van der Waals surface area contributed by atoms with E-state index in [2.05, 4.69) is 10.3 Å². The van der Waals surface area contributed by atoms with Crippen LogP contribution in [0.4, 0.5) is 0 Å². The number of halogens is 1. The lowest BCUT2D eigenvalue weighted by Crippen LogP contribution is -2.56. The summed E-state index contributed by atoms with van der Waals surface area (Å²) < 4.78 is 0. The first-order chi connectivity index (χ1) is 9.56. The molecule has 1 aromatic rings. The van der Waals surface area contributed by atoms with Crippen LogP contribution in [0.25, 0.3) is 0 Å². The molecule has 0 aromatic carbocycles. The summed E-state index contributed by atoms with van der Waals surface area (Å²) in [6.45, 7) is 4.86. The standard InChI is InChI=1S/C14H18ClN3O2/c1-3-10-7-9(8-12(15)17-10)14(20)18-6-5-16-13(19)11(18)4-2/h7-8,11H,3-6H2,1-2H3,(H,16,19). The molecule has 1 saturated heterocycles. The van der Waals surface area contributed by atoms with Crippen LogP contribution in [-0.4, -0.2) is 40.8 Å². The maximum Gasteiger partial charge on any atom is 0.254 e. The van der Waals surface area contributed by atoms with Crippen LogP contribution >= 0.6 is 11.6 Å². The van der Waals surface area contributed by atoms with Crippen molar-refractivity contribution in [3.05, 3.63) is 28.5 Å². The van der Waals surface area contributed by atoms with E-state index in [1.54, 1.807) is 17.0 Å². The van der Waals surface area contributed by atoms with Crippen LogP contribution in [0.15, 0.2) is 12.1 Å². The highest BCUT2D eigenvalue weighted by atomic mass is 35.5. The van der Waals surface area contributed by atoms with Crippen molar-refractivity contribution in [1.82, 2.24) is 15.2 Å². The number of aryl methyl sites for hydroxylation is 1. The monoisotopic (exact) mass is 295 g/mol. The molecule has 1 aliphatic heterocycles. The van der Waals surface area contributed by atoms with Crippen molar-refractivity contribution in [1.29, 1.82) is 0 Å². The third-order valence-electron chi connectivity index (χ3n) is 3.43. The van der Waals surface area contributed by atoms with Crippen molar-refractivity contribution in [2.45, 2.75) is 32.7 Å². The Morgan fingerprint density at radius 3 is 2.90 bits per heavy atom. The Hall–Kier alpha value is -1.62. The molecule has 0 saturated carbocycles. The zero-order chi connectivity index (χ0) is 14.7. The molecule has 1 N–H and O–H groups in total. The number of nitrogens with one attached hydrogen (secondary N) is 1. The summed E-state index contributed by atoms with van der Waals surface area (Å²) in [5.41, 5.74) is 1.27. The average Bonchev–Trinajstić information content (AvgIpc) is 2.45. The van der Waals surface area contributed by atoms with E-state index in [-0.39, 0.29) is 11.8 Å². The second-order valence-electron chi connectivity index (χ2n) is 4.74. The highest BCUT2D eigenvalue weighted by Gasteiger charge is 2.32. The minimum Gasteiger partial charge on any atom is -0.353 e. The van der Waals surface area contributed by atoms with Gasteiger partial charge in [-0.25, -0.2) is 4.98 Å². The van der Waals surface area contributed by atoms with E-state index in [9.17, 15) is 9.59 Å². The Labute approximate surface area is 123 Å². The summed E-state index contributed by atoms with van der Waals surface area (Å²) >= 11 is 5.95. The molecule has 0 radical (unpaired) electrons. The van der Waals surface area contributed by atoms with Crippen molar-refractivity contribution >= 4 is 23.4 Å². The van der Waals surface area contributed by atoms with E-state index in [0.717, 1.165) is 5.69 Å². The first-order valence-corrected chi connectivity index (χ1v) is 7.19. The Morgan fingerprint density at radius 2 is 2.25 bits per heavy atom. The lowest BCUT2D eigenvalue weighted by molar-refractivity contribution is -0.127. The molecule has 1 unspecified atom stereocenters. The first kappa shape index (κ1) is 14.8. The summed E-state index contributed by atoms with van der Waals surface area (Å²) in [5, 5.41) is 3.09. The van der Waals surface area contributed by atoms with E-state index in [0.29, 0.717) is 36.6 Å². The Balaban J connectivity index is 2.30. The molecule has 2 heterocycles. The van der Waals surface area contributed by atoms with Gasteiger partial charge in [0.25, 0.3) is 5.91 Å². The minimum absolute atomic E-state index is 0.0945. The number of pyridine rings is 1. The van der Waals surface area contributed by atoms with Crippen molar-refractivity contribution in [3.8, 4) is 0 Å². The normalized spacial score (nSPS) is 18.9. The molecule has 0 aliphatic carbocycles. The van der Waals surface area contributed by atoms with Crippen molar-refractivity contribution < 1.29 is 9.59 Å². The number of amides is 2. The third-order valence-corrected chi connectivity index (χ3v) is 3.63. The third kappa shape index (κ3) is 2.93. The van der Waals surface area contributed by atoms with Gasteiger partial charge in [-0.1, -0.05) is 25.4 Å². The molecule has 1 atom stereocenters. The van der Waals surface area contributed by atoms with Gasteiger partial charge < -0.3 is 10.2 Å². The number of nitrogens with zero attached hydrogens (tertiary/aromatic N) is 2. The Kier molecular flexibility index (Phi) is 4.60. The molecule has 2 rings (SSSR count). The van der Waals surface area contributed by atoms with Gasteiger partial charge in [0, 0.05) is 24.3 Å². The number of hydrogen-bond donors (Lipinski definition) is 1. The molecule has 6 heteroatoms. The maximum atomic E-state index is 12.6. The fraction of sp³-hybridized carbons (Fsp3) is 0.500. The fourth-order valence-electron chi connectivity index (χ4n) is 2.39. The highest BCUT2D eigenvalue weighted by Crippen LogP contribution is 2.17. The van der Waals surface area contributed by atoms with Crippen molar-refractivity contribution in [2.75, 3.05) is 13.1 Å². The van der Waals surface area contributed by atoms with Crippen molar-refractivity contribution in [3.63, 3.8) is 0 Å². The van der Waals surface area contributed by atoms with E-state index >= 15 is 0 Å². The minimum atomic E-state index is -0.409. The zero-order valence-electron chi connectivity index (χ0n) is 11.6. The van der Waals surface area contributed by atoms with E-state index in [4.69, 9.17) is 11.6 Å². The Bertz CT molecular complexity index is 533. The number of hydrogen-bond acceptors (Lipinski definition) is 3. The number of aromatic nitrogens is 1. The van der Waals surface area contributed by atoms with Gasteiger partial charge in [-0.2, -0.15) is 0 Å². The number of piperazine rings is 1. The van der Waals surface area contributed by atoms with Crippen molar-refractivity contribution in [2.24, 2.45) is 0 Å². The number of carbonyl (C=O) groups is 2. The van der Waals surface area contributed by atoms with Crippen LogP contribution in [0.2, 0.25) is 5.15 Å². The fourth-order valence-corrected chi connectivity index (χ4v) is 2.61. The lowest BCUT2D eigenvalue weighted by Gasteiger charge is -2.34. The summed E-state index contributed by atoms with van der Waals surface area (Å²) in [6, 6.07) is 2.89. The van der Waals surface area contributed by atoms with Gasteiger partial charge in [0.15, 0.2) is 0 Å². The Morgan fingerprint density at radius 1 is 1.50 bits per heavy atom. The highest BCUT2D eigenvalue weighted by molar-refractivity contribution is 6.29. The molecule has 0 bridgehead atoms. The van der Waals surface area contributed by atoms with Gasteiger partial charge in [-0.15, -0.1) is 0 Å². The summed E-state index contributed by atoms with van der Waals surface area (Å²) in [4.78, 5) is 30.2. The lowest BCUT2D eigenvalue weighted by atomic mass is 10.1. The van der Waals surface area contributed by atoms with E-state index in [1.165, 1.54) is 0 Å². The first-order valence-electron chi connectivity index (χ1n) is 6.82. The molecule has 1 fully saturated rings. The van der Waals surface area contributed by atoms with Crippen LogP contribution < -0.4 is 5.32 Å². The van der Waals surface area contributed by atoms with Crippen LogP contribution in [0, 0.1) is 0 Å². The quantitative estimate of drug-likeness (QED) is 0.863. The van der Waals surface area contributed by atoms with E-state index in [1.807, 2.05) is 13.8 Å². The van der Waals surface area contributed by atoms with Gasteiger partial charge in [-0.05, 0) is 25.0 Å². The van der Waals surface area contributed by atoms with Crippen LogP contribution in [0.1, 0.15) is 36.3 Å². The summed E-state index contributed by atoms with van der Waals surface area (Å²) in [6.07, 6.45) is 1.30. The topological polar surface area (TPSA) is 62.3 Å². The average molecular weight is 296 g/mol. The molecule has 1 aliphatic rings. The zero-order valence-corrected chi connectivity index (χ0v) is 12.4. The SMILES string of the molecule is CCc1cc(C(=O)N2CCNC(=O)C2CC)cc(Cl)n1.